The number of benzene rings is 1. The molecule has 0 bridgehead atoms. The van der Waals surface area contributed by atoms with Crippen LogP contribution in [0.4, 0.5) is 0 Å². The molecule has 0 spiro atoms. The molecule has 0 saturated carbocycles. The van der Waals surface area contributed by atoms with Crippen LogP contribution in [0.25, 0.3) is 0 Å². The van der Waals surface area contributed by atoms with Gasteiger partial charge in [0.2, 0.25) is 0 Å². The third-order valence-electron chi connectivity index (χ3n) is 2.97. The Balaban J connectivity index is 2.19. The Morgan fingerprint density at radius 1 is 1.22 bits per heavy atom. The molecule has 0 aliphatic rings. The topological polar surface area (TPSA) is 33.1 Å². The largest absolute Gasteiger partial charge is 0.388 e. The Bertz CT molecular complexity index is 554. The van der Waals surface area contributed by atoms with Crippen molar-refractivity contribution in [2.75, 3.05) is 0 Å². The summed E-state index contributed by atoms with van der Waals surface area (Å²) in [5.41, 5.74) is 4.36. The highest BCUT2D eigenvalue weighted by atomic mass is 79.9. The molecule has 1 aromatic carbocycles. The average Bonchev–Trinajstić information content (AvgIpc) is 2.28. The standard InChI is InChI=1S/C15H16BrNO/c1-10-3-4-14(11(2)5-10)15(18)7-12-6-13(16)9-17-8-12/h3-6,8-9,15,18H,7H2,1-2H3. The lowest BCUT2D eigenvalue weighted by Crippen LogP contribution is -2.04. The van der Waals surface area contributed by atoms with Gasteiger partial charge < -0.3 is 5.11 Å². The van der Waals surface area contributed by atoms with E-state index in [0.717, 1.165) is 21.2 Å². The molecular weight excluding hydrogens is 290 g/mol. The van der Waals surface area contributed by atoms with Crippen LogP contribution in [0.5, 0.6) is 0 Å². The van der Waals surface area contributed by atoms with Gasteiger partial charge in [-0.15, -0.1) is 0 Å². The summed E-state index contributed by atoms with van der Waals surface area (Å²) in [6.07, 6.45) is 3.63. The second-order valence-corrected chi connectivity index (χ2v) is 5.51. The van der Waals surface area contributed by atoms with E-state index < -0.39 is 6.10 Å². The number of rotatable bonds is 3. The number of aliphatic hydroxyl groups is 1. The summed E-state index contributed by atoms with van der Waals surface area (Å²) < 4.78 is 0.938. The molecule has 1 unspecified atom stereocenters. The predicted octanol–water partition coefficient (Wildman–Crippen LogP) is 3.74. The summed E-state index contributed by atoms with van der Waals surface area (Å²) in [5, 5.41) is 10.3. The Kier molecular flexibility index (Phi) is 4.15. The van der Waals surface area contributed by atoms with Gasteiger partial charge in [0.1, 0.15) is 0 Å². The first-order chi connectivity index (χ1) is 8.56. The number of hydrogen-bond donors (Lipinski definition) is 1. The van der Waals surface area contributed by atoms with Crippen LogP contribution in [-0.2, 0) is 6.42 Å². The van der Waals surface area contributed by atoms with Crippen LogP contribution >= 0.6 is 15.9 Å². The third-order valence-corrected chi connectivity index (χ3v) is 3.41. The molecule has 2 aromatic rings. The molecule has 18 heavy (non-hydrogen) atoms. The van der Waals surface area contributed by atoms with Crippen LogP contribution in [0, 0.1) is 13.8 Å². The van der Waals surface area contributed by atoms with Crippen LogP contribution < -0.4 is 0 Å². The van der Waals surface area contributed by atoms with Gasteiger partial charge in [-0.05, 0) is 52.5 Å². The molecule has 3 heteroatoms. The van der Waals surface area contributed by atoms with Crippen LogP contribution in [0.3, 0.4) is 0 Å². The van der Waals surface area contributed by atoms with Gasteiger partial charge in [-0.3, -0.25) is 4.98 Å². The van der Waals surface area contributed by atoms with Crippen molar-refractivity contribution in [1.29, 1.82) is 0 Å². The number of aryl methyl sites for hydroxylation is 2. The normalized spacial score (nSPS) is 12.4. The fraction of sp³-hybridized carbons (Fsp3) is 0.267. The number of aromatic nitrogens is 1. The van der Waals surface area contributed by atoms with Crippen LogP contribution in [0.1, 0.15) is 28.4 Å². The molecule has 1 N–H and O–H groups in total. The summed E-state index contributed by atoms with van der Waals surface area (Å²) >= 11 is 3.39. The average molecular weight is 306 g/mol. The molecule has 94 valence electrons. The summed E-state index contributed by atoms with van der Waals surface area (Å²) in [6.45, 7) is 4.09. The zero-order chi connectivity index (χ0) is 13.1. The van der Waals surface area contributed by atoms with Crippen molar-refractivity contribution in [1.82, 2.24) is 4.98 Å². The predicted molar refractivity (Wildman–Crippen MR) is 76.5 cm³/mol. The Morgan fingerprint density at radius 3 is 2.67 bits per heavy atom. The Hall–Kier alpha value is -1.19. The molecule has 0 aliphatic heterocycles. The second kappa shape index (κ2) is 5.63. The number of halogens is 1. The van der Waals surface area contributed by atoms with E-state index in [1.54, 1.807) is 12.4 Å². The van der Waals surface area contributed by atoms with Crippen molar-refractivity contribution in [3.05, 3.63) is 63.4 Å². The Labute approximate surface area is 116 Å². The SMILES string of the molecule is Cc1ccc(C(O)Cc2cncc(Br)c2)c(C)c1. The van der Waals surface area contributed by atoms with Gasteiger partial charge in [-0.2, -0.15) is 0 Å². The van der Waals surface area contributed by atoms with E-state index in [1.807, 2.05) is 25.1 Å². The molecule has 1 aromatic heterocycles. The third kappa shape index (κ3) is 3.18. The highest BCUT2D eigenvalue weighted by Crippen LogP contribution is 2.23. The highest BCUT2D eigenvalue weighted by Gasteiger charge is 2.11. The number of pyridine rings is 1. The zero-order valence-corrected chi connectivity index (χ0v) is 12.1. The first-order valence-corrected chi connectivity index (χ1v) is 6.70. The van der Waals surface area contributed by atoms with E-state index in [4.69, 9.17) is 0 Å². The highest BCUT2D eigenvalue weighted by molar-refractivity contribution is 9.10. The van der Waals surface area contributed by atoms with E-state index in [9.17, 15) is 5.11 Å². The minimum absolute atomic E-state index is 0.485. The molecule has 0 aliphatic carbocycles. The maximum absolute atomic E-state index is 10.3. The zero-order valence-electron chi connectivity index (χ0n) is 10.5. The van der Waals surface area contributed by atoms with Crippen molar-refractivity contribution in [2.24, 2.45) is 0 Å². The summed E-state index contributed by atoms with van der Waals surface area (Å²) in [6, 6.07) is 8.11. The molecule has 2 nitrogen and oxygen atoms in total. The first-order valence-electron chi connectivity index (χ1n) is 5.91. The molecular formula is C15H16BrNO. The van der Waals surface area contributed by atoms with Gasteiger partial charge in [-0.25, -0.2) is 0 Å². The second-order valence-electron chi connectivity index (χ2n) is 4.59. The molecule has 1 atom stereocenters. The van der Waals surface area contributed by atoms with Gasteiger partial charge >= 0.3 is 0 Å². The van der Waals surface area contributed by atoms with Crippen molar-refractivity contribution in [2.45, 2.75) is 26.4 Å². The number of hydrogen-bond acceptors (Lipinski definition) is 2. The van der Waals surface area contributed by atoms with Crippen LogP contribution in [0.15, 0.2) is 41.1 Å². The minimum Gasteiger partial charge on any atom is -0.388 e. The molecule has 0 fully saturated rings. The summed E-state index contributed by atoms with van der Waals surface area (Å²) in [5.74, 6) is 0. The first kappa shape index (κ1) is 13.2. The van der Waals surface area contributed by atoms with E-state index in [1.165, 1.54) is 5.56 Å². The van der Waals surface area contributed by atoms with Gasteiger partial charge in [0, 0.05) is 23.3 Å². The maximum atomic E-state index is 10.3. The fourth-order valence-electron chi connectivity index (χ4n) is 2.10. The molecule has 0 amide bonds. The fourth-order valence-corrected chi connectivity index (χ4v) is 2.51. The van der Waals surface area contributed by atoms with Crippen LogP contribution in [0.2, 0.25) is 0 Å². The maximum Gasteiger partial charge on any atom is 0.0833 e. The van der Waals surface area contributed by atoms with E-state index in [0.29, 0.717) is 6.42 Å². The van der Waals surface area contributed by atoms with E-state index in [2.05, 4.69) is 33.9 Å². The van der Waals surface area contributed by atoms with Gasteiger partial charge in [0.25, 0.3) is 0 Å². The lowest BCUT2D eigenvalue weighted by Gasteiger charge is -2.14. The van der Waals surface area contributed by atoms with E-state index >= 15 is 0 Å². The minimum atomic E-state index is -0.485. The summed E-state index contributed by atoms with van der Waals surface area (Å²) in [4.78, 5) is 4.11. The van der Waals surface area contributed by atoms with Crippen molar-refractivity contribution < 1.29 is 5.11 Å². The summed E-state index contributed by atoms with van der Waals surface area (Å²) in [7, 11) is 0. The molecule has 2 rings (SSSR count). The van der Waals surface area contributed by atoms with Crippen molar-refractivity contribution >= 4 is 15.9 Å². The van der Waals surface area contributed by atoms with Crippen molar-refractivity contribution in [3.8, 4) is 0 Å². The monoisotopic (exact) mass is 305 g/mol. The van der Waals surface area contributed by atoms with Gasteiger partial charge in [0.05, 0.1) is 6.10 Å². The Morgan fingerprint density at radius 2 is 2.00 bits per heavy atom. The number of nitrogens with zero attached hydrogens (tertiary/aromatic N) is 1. The molecule has 0 saturated heterocycles. The van der Waals surface area contributed by atoms with E-state index in [-0.39, 0.29) is 0 Å². The number of aliphatic hydroxyl groups excluding tert-OH is 1. The molecule has 1 heterocycles. The quantitative estimate of drug-likeness (QED) is 0.937. The van der Waals surface area contributed by atoms with Crippen molar-refractivity contribution in [3.63, 3.8) is 0 Å². The lowest BCUT2D eigenvalue weighted by molar-refractivity contribution is 0.177. The molecule has 0 radical (unpaired) electrons. The van der Waals surface area contributed by atoms with Gasteiger partial charge in [0.15, 0.2) is 0 Å². The smallest absolute Gasteiger partial charge is 0.0833 e. The van der Waals surface area contributed by atoms with Gasteiger partial charge in [-0.1, -0.05) is 23.8 Å². The lowest BCUT2D eigenvalue weighted by atomic mass is 9.97. The van der Waals surface area contributed by atoms with Crippen LogP contribution in [-0.4, -0.2) is 10.1 Å².